The summed E-state index contributed by atoms with van der Waals surface area (Å²) in [7, 11) is -3.38. The first-order chi connectivity index (χ1) is 5.08. The Morgan fingerprint density at radius 2 is 1.67 bits per heavy atom. The van der Waals surface area contributed by atoms with Gasteiger partial charge in [0.2, 0.25) is 10.0 Å². The Labute approximate surface area is 94.3 Å². The average molecular weight is 194 g/mol. The topological polar surface area (TPSA) is 60.2 Å². The van der Waals surface area contributed by atoms with Gasteiger partial charge >= 0.3 is 29.6 Å². The van der Waals surface area contributed by atoms with Gasteiger partial charge in [0.15, 0.2) is 0 Å². The maximum Gasteiger partial charge on any atom is 1.00 e. The monoisotopic (exact) mass is 194 g/mol. The zero-order valence-corrected chi connectivity index (χ0v) is 9.71. The molecular formula is C7H9NNaO2S+. The predicted octanol–water partition coefficient (Wildman–Crippen LogP) is -2.52. The van der Waals surface area contributed by atoms with E-state index in [2.05, 4.69) is 0 Å². The van der Waals surface area contributed by atoms with Gasteiger partial charge in [-0.3, -0.25) is 0 Å². The molecule has 0 aliphatic carbocycles. The minimum atomic E-state index is -3.38. The Kier molecular flexibility index (Phi) is 5.04. The van der Waals surface area contributed by atoms with Crippen LogP contribution < -0.4 is 34.7 Å². The second-order valence-corrected chi connectivity index (χ2v) is 3.91. The summed E-state index contributed by atoms with van der Waals surface area (Å²) < 4.78 is 21.2. The van der Waals surface area contributed by atoms with E-state index < -0.39 is 10.0 Å². The summed E-state index contributed by atoms with van der Waals surface area (Å²) in [6.07, 6.45) is 0. The zero-order valence-electron chi connectivity index (χ0n) is 6.90. The van der Waals surface area contributed by atoms with Gasteiger partial charge in [0, 0.05) is 0 Å². The molecule has 5 heteroatoms. The van der Waals surface area contributed by atoms with E-state index in [-0.39, 0.29) is 35.3 Å². The van der Waals surface area contributed by atoms with Crippen molar-refractivity contribution in [1.29, 1.82) is 0 Å². The summed E-state index contributed by atoms with van der Waals surface area (Å²) in [6, 6.07) is 8.84. The van der Waals surface area contributed by atoms with Crippen LogP contribution in [-0.4, -0.2) is 8.42 Å². The van der Waals surface area contributed by atoms with Crippen LogP contribution in [0.4, 0.5) is 0 Å². The molecule has 0 unspecified atom stereocenters. The van der Waals surface area contributed by atoms with E-state index in [4.69, 9.17) is 5.14 Å². The van der Waals surface area contributed by atoms with Crippen molar-refractivity contribution in [1.82, 2.24) is 0 Å². The second-order valence-electron chi connectivity index (χ2n) is 2.29. The normalized spacial score (nSPS) is 10.4. The SMILES string of the molecule is NS(=O)(=O)Cc1ccccc1.[Na+]. The van der Waals surface area contributed by atoms with Gasteiger partial charge in [-0.15, -0.1) is 0 Å². The Hall–Kier alpha value is 0.130. The molecule has 2 N–H and O–H groups in total. The van der Waals surface area contributed by atoms with Gasteiger partial charge in [-0.1, -0.05) is 30.3 Å². The molecule has 0 radical (unpaired) electrons. The summed E-state index contributed by atoms with van der Waals surface area (Å²) in [5.74, 6) is -0.0894. The first kappa shape index (κ1) is 12.1. The van der Waals surface area contributed by atoms with Crippen LogP contribution in [0.15, 0.2) is 30.3 Å². The Balaban J connectivity index is 0.00000121. The van der Waals surface area contributed by atoms with Crippen molar-refractivity contribution in [2.45, 2.75) is 5.75 Å². The molecule has 0 saturated carbocycles. The van der Waals surface area contributed by atoms with Crippen molar-refractivity contribution < 1.29 is 38.0 Å². The molecule has 0 aliphatic rings. The molecule has 1 rings (SSSR count). The summed E-state index contributed by atoms with van der Waals surface area (Å²) in [5.41, 5.74) is 0.718. The predicted molar refractivity (Wildman–Crippen MR) is 43.3 cm³/mol. The fourth-order valence-electron chi connectivity index (χ4n) is 0.807. The van der Waals surface area contributed by atoms with E-state index in [1.54, 1.807) is 24.3 Å². The van der Waals surface area contributed by atoms with Crippen molar-refractivity contribution in [3.8, 4) is 0 Å². The third kappa shape index (κ3) is 4.90. The molecule has 1 aromatic rings. The van der Waals surface area contributed by atoms with E-state index in [0.29, 0.717) is 0 Å². The molecule has 0 spiro atoms. The number of sulfonamides is 1. The van der Waals surface area contributed by atoms with Gasteiger partial charge in [-0.2, -0.15) is 0 Å². The number of hydrogen-bond donors (Lipinski definition) is 1. The van der Waals surface area contributed by atoms with Crippen LogP contribution in [0.25, 0.3) is 0 Å². The third-order valence-electron chi connectivity index (χ3n) is 1.21. The largest absolute Gasteiger partial charge is 1.00 e. The van der Waals surface area contributed by atoms with Gasteiger partial charge in [0.05, 0.1) is 5.75 Å². The molecule has 0 amide bonds. The second kappa shape index (κ2) is 4.99. The van der Waals surface area contributed by atoms with Crippen molar-refractivity contribution in [2.24, 2.45) is 5.14 Å². The Bertz CT molecular complexity index is 323. The number of nitrogens with two attached hydrogens (primary N) is 1. The van der Waals surface area contributed by atoms with Crippen LogP contribution in [0.3, 0.4) is 0 Å². The molecule has 60 valence electrons. The van der Waals surface area contributed by atoms with Crippen LogP contribution in [0, 0.1) is 0 Å². The van der Waals surface area contributed by atoms with Gasteiger partial charge in [0.1, 0.15) is 0 Å². The van der Waals surface area contributed by atoms with Crippen LogP contribution in [0.5, 0.6) is 0 Å². The molecule has 0 saturated heterocycles. The Morgan fingerprint density at radius 3 is 2.08 bits per heavy atom. The fourth-order valence-corrected chi connectivity index (χ4v) is 1.46. The van der Waals surface area contributed by atoms with Gasteiger partial charge in [-0.05, 0) is 5.56 Å². The molecule has 0 bridgehead atoms. The maximum atomic E-state index is 10.6. The zero-order chi connectivity index (χ0) is 8.32. The summed E-state index contributed by atoms with van der Waals surface area (Å²) in [6.45, 7) is 0. The quantitative estimate of drug-likeness (QED) is 0.528. The first-order valence-corrected chi connectivity index (χ1v) is 4.84. The summed E-state index contributed by atoms with van der Waals surface area (Å²) in [5, 5.41) is 4.84. The smallest absolute Gasteiger partial charge is 0.228 e. The van der Waals surface area contributed by atoms with Crippen LogP contribution in [0.1, 0.15) is 5.56 Å². The minimum Gasteiger partial charge on any atom is -0.228 e. The Morgan fingerprint density at radius 1 is 1.17 bits per heavy atom. The molecule has 12 heavy (non-hydrogen) atoms. The van der Waals surface area contributed by atoms with Crippen LogP contribution in [0.2, 0.25) is 0 Å². The average Bonchev–Trinajstić information content (AvgIpc) is 1.85. The number of hydrogen-bond acceptors (Lipinski definition) is 2. The minimum absolute atomic E-state index is 0. The molecule has 0 heterocycles. The van der Waals surface area contributed by atoms with E-state index in [0.717, 1.165) is 5.56 Å². The van der Waals surface area contributed by atoms with E-state index in [1.807, 2.05) is 6.07 Å². The van der Waals surface area contributed by atoms with Crippen LogP contribution >= 0.6 is 0 Å². The third-order valence-corrected chi connectivity index (χ3v) is 1.95. The molecular weight excluding hydrogens is 185 g/mol. The first-order valence-electron chi connectivity index (χ1n) is 3.12. The fraction of sp³-hybridized carbons (Fsp3) is 0.143. The molecule has 0 atom stereocenters. The summed E-state index contributed by atoms with van der Waals surface area (Å²) >= 11 is 0. The molecule has 3 nitrogen and oxygen atoms in total. The van der Waals surface area contributed by atoms with E-state index in [1.165, 1.54) is 0 Å². The van der Waals surface area contributed by atoms with E-state index >= 15 is 0 Å². The van der Waals surface area contributed by atoms with Gasteiger partial charge in [0.25, 0.3) is 0 Å². The van der Waals surface area contributed by atoms with Gasteiger partial charge < -0.3 is 0 Å². The number of rotatable bonds is 2. The van der Waals surface area contributed by atoms with Crippen molar-refractivity contribution in [3.63, 3.8) is 0 Å². The molecule has 0 aliphatic heterocycles. The standard InChI is InChI=1S/C7H9NO2S.Na/c8-11(9,10)6-7-4-2-1-3-5-7;/h1-5H,6H2,(H2,8,9,10);/q;+1. The van der Waals surface area contributed by atoms with Crippen molar-refractivity contribution in [3.05, 3.63) is 35.9 Å². The molecule has 1 aromatic carbocycles. The molecule has 0 aromatic heterocycles. The summed E-state index contributed by atoms with van der Waals surface area (Å²) in [4.78, 5) is 0. The number of benzene rings is 1. The molecule has 0 fully saturated rings. The van der Waals surface area contributed by atoms with Crippen molar-refractivity contribution in [2.75, 3.05) is 0 Å². The van der Waals surface area contributed by atoms with Gasteiger partial charge in [-0.25, -0.2) is 13.6 Å². The van der Waals surface area contributed by atoms with Crippen molar-refractivity contribution >= 4 is 10.0 Å². The maximum absolute atomic E-state index is 10.6. The van der Waals surface area contributed by atoms with E-state index in [9.17, 15) is 8.42 Å². The number of primary sulfonamides is 1. The van der Waals surface area contributed by atoms with Crippen LogP contribution in [-0.2, 0) is 15.8 Å².